The Balaban J connectivity index is 0.00000182. The minimum absolute atomic E-state index is 0. The number of hydrogen-bond acceptors (Lipinski definition) is 5. The average Bonchev–Trinajstić information content (AvgIpc) is 3.17. The lowest BCUT2D eigenvalue weighted by molar-refractivity contribution is -0.130. The molecule has 5 nitrogen and oxygen atoms in total. The van der Waals surface area contributed by atoms with E-state index in [9.17, 15) is 4.79 Å². The molecule has 7 heteroatoms. The van der Waals surface area contributed by atoms with E-state index in [2.05, 4.69) is 0 Å². The maximum absolute atomic E-state index is 12.4. The fraction of sp³-hybridized carbons (Fsp3) is 0.611. The zero-order chi connectivity index (χ0) is 16.5. The standard InChI is InChI=1S/C18H24N2O3S.ClH/c19-15-3-1-12-10-20(11-14(12)15)18(21)5-8-24-13-2-4-16-17(9-13)23-7-6-22-16;/h2,4,9,12,14-15H,1,3,5-8,10-11,19H2;1H. The van der Waals surface area contributed by atoms with Gasteiger partial charge in [0.1, 0.15) is 13.2 Å². The Labute approximate surface area is 159 Å². The summed E-state index contributed by atoms with van der Waals surface area (Å²) in [4.78, 5) is 15.6. The Kier molecular flexibility index (Phi) is 6.02. The molecular formula is C18H25ClN2O3S. The number of carbonyl (C=O) groups excluding carboxylic acids is 1. The molecule has 1 saturated carbocycles. The monoisotopic (exact) mass is 384 g/mol. The zero-order valence-corrected chi connectivity index (χ0v) is 15.8. The lowest BCUT2D eigenvalue weighted by Crippen LogP contribution is -2.33. The molecule has 2 fully saturated rings. The van der Waals surface area contributed by atoms with Crippen molar-refractivity contribution < 1.29 is 14.3 Å². The Morgan fingerprint density at radius 3 is 2.80 bits per heavy atom. The van der Waals surface area contributed by atoms with E-state index in [1.807, 2.05) is 23.1 Å². The highest BCUT2D eigenvalue weighted by atomic mass is 35.5. The topological polar surface area (TPSA) is 64.8 Å². The Bertz CT molecular complexity index is 630. The van der Waals surface area contributed by atoms with Gasteiger partial charge in [-0.2, -0.15) is 0 Å². The summed E-state index contributed by atoms with van der Waals surface area (Å²) < 4.78 is 11.1. The first-order valence-corrected chi connectivity index (χ1v) is 9.75. The minimum Gasteiger partial charge on any atom is -0.486 e. The number of benzene rings is 1. The SMILES string of the molecule is Cl.NC1CCC2CN(C(=O)CCSc3ccc4c(c3)OCCO4)CC12. The van der Waals surface area contributed by atoms with Crippen molar-refractivity contribution in [2.24, 2.45) is 17.6 Å². The highest BCUT2D eigenvalue weighted by Gasteiger charge is 2.42. The summed E-state index contributed by atoms with van der Waals surface area (Å²) in [5.74, 6) is 3.83. The summed E-state index contributed by atoms with van der Waals surface area (Å²) in [6.07, 6.45) is 2.88. The van der Waals surface area contributed by atoms with Gasteiger partial charge in [0.05, 0.1) is 0 Å². The van der Waals surface area contributed by atoms with Crippen LogP contribution in [0.1, 0.15) is 19.3 Å². The lowest BCUT2D eigenvalue weighted by Gasteiger charge is -2.19. The normalized spacial score (nSPS) is 26.9. The van der Waals surface area contributed by atoms with Crippen LogP contribution in [0.2, 0.25) is 0 Å². The molecule has 1 aromatic rings. The first-order valence-electron chi connectivity index (χ1n) is 8.76. The number of hydrogen-bond donors (Lipinski definition) is 1. The average molecular weight is 385 g/mol. The van der Waals surface area contributed by atoms with Crippen molar-refractivity contribution in [1.82, 2.24) is 4.90 Å². The number of thioether (sulfide) groups is 1. The molecule has 3 aliphatic rings. The molecule has 2 N–H and O–H groups in total. The molecule has 0 bridgehead atoms. The van der Waals surface area contributed by atoms with E-state index in [0.29, 0.717) is 37.5 Å². The number of likely N-dealkylation sites (tertiary alicyclic amines) is 1. The summed E-state index contributed by atoms with van der Waals surface area (Å²) in [5, 5.41) is 0. The van der Waals surface area contributed by atoms with Gasteiger partial charge in [0.2, 0.25) is 5.91 Å². The van der Waals surface area contributed by atoms with Crippen molar-refractivity contribution in [3.63, 3.8) is 0 Å². The number of halogens is 1. The molecule has 1 aliphatic carbocycles. The molecule has 2 heterocycles. The third kappa shape index (κ3) is 4.01. The highest BCUT2D eigenvalue weighted by molar-refractivity contribution is 7.99. The molecule has 0 spiro atoms. The minimum atomic E-state index is 0. The van der Waals surface area contributed by atoms with E-state index in [1.165, 1.54) is 6.42 Å². The van der Waals surface area contributed by atoms with Crippen molar-refractivity contribution in [1.29, 1.82) is 0 Å². The Hall–Kier alpha value is -1.11. The Morgan fingerprint density at radius 1 is 1.20 bits per heavy atom. The van der Waals surface area contributed by atoms with E-state index in [4.69, 9.17) is 15.2 Å². The number of nitrogens with zero attached hydrogens (tertiary/aromatic N) is 1. The van der Waals surface area contributed by atoms with E-state index < -0.39 is 0 Å². The van der Waals surface area contributed by atoms with Gasteiger partial charge >= 0.3 is 0 Å². The van der Waals surface area contributed by atoms with Crippen LogP contribution >= 0.6 is 24.2 Å². The van der Waals surface area contributed by atoms with Gasteiger partial charge < -0.3 is 20.1 Å². The predicted octanol–water partition coefficient (Wildman–Crippen LogP) is 2.56. The summed E-state index contributed by atoms with van der Waals surface area (Å²) in [7, 11) is 0. The lowest BCUT2D eigenvalue weighted by atomic mass is 9.98. The second-order valence-electron chi connectivity index (χ2n) is 6.87. The second-order valence-corrected chi connectivity index (χ2v) is 8.04. The maximum Gasteiger partial charge on any atom is 0.223 e. The van der Waals surface area contributed by atoms with Gasteiger partial charge in [-0.1, -0.05) is 0 Å². The number of ether oxygens (including phenoxy) is 2. The van der Waals surface area contributed by atoms with Crippen LogP contribution in [0.15, 0.2) is 23.1 Å². The van der Waals surface area contributed by atoms with Crippen molar-refractivity contribution in [3.8, 4) is 11.5 Å². The van der Waals surface area contributed by atoms with Crippen LogP contribution in [0.25, 0.3) is 0 Å². The first-order chi connectivity index (χ1) is 11.7. The van der Waals surface area contributed by atoms with E-state index >= 15 is 0 Å². The van der Waals surface area contributed by atoms with Crippen molar-refractivity contribution in [2.45, 2.75) is 30.2 Å². The van der Waals surface area contributed by atoms with Crippen molar-refractivity contribution >= 4 is 30.1 Å². The van der Waals surface area contributed by atoms with Crippen LogP contribution < -0.4 is 15.2 Å². The Morgan fingerprint density at radius 2 is 2.00 bits per heavy atom. The second kappa shape index (κ2) is 8.06. The number of amides is 1. The molecule has 3 atom stereocenters. The fourth-order valence-corrected chi connectivity index (χ4v) is 4.91. The fourth-order valence-electron chi connectivity index (χ4n) is 4.04. The molecule has 0 aromatic heterocycles. The van der Waals surface area contributed by atoms with Gasteiger partial charge in [0, 0.05) is 36.2 Å². The van der Waals surface area contributed by atoms with Gasteiger partial charge in [-0.25, -0.2) is 0 Å². The third-order valence-electron chi connectivity index (χ3n) is 5.36. The number of nitrogens with two attached hydrogens (primary N) is 1. The molecule has 1 aromatic carbocycles. The van der Waals surface area contributed by atoms with Gasteiger partial charge in [-0.15, -0.1) is 24.2 Å². The predicted molar refractivity (Wildman–Crippen MR) is 101 cm³/mol. The smallest absolute Gasteiger partial charge is 0.223 e. The van der Waals surface area contributed by atoms with Crippen molar-refractivity contribution in [3.05, 3.63) is 18.2 Å². The van der Waals surface area contributed by atoms with Crippen molar-refractivity contribution in [2.75, 3.05) is 32.1 Å². The van der Waals surface area contributed by atoms with Crippen LogP contribution in [-0.2, 0) is 4.79 Å². The summed E-state index contributed by atoms with van der Waals surface area (Å²) in [6.45, 7) is 2.97. The molecule has 25 heavy (non-hydrogen) atoms. The molecule has 1 amide bonds. The van der Waals surface area contributed by atoms with Gasteiger partial charge in [0.15, 0.2) is 11.5 Å². The van der Waals surface area contributed by atoms with Crippen LogP contribution in [-0.4, -0.2) is 48.9 Å². The molecule has 2 aliphatic heterocycles. The van der Waals surface area contributed by atoms with Crippen LogP contribution in [0.5, 0.6) is 11.5 Å². The molecule has 0 radical (unpaired) electrons. The highest BCUT2D eigenvalue weighted by Crippen LogP contribution is 2.38. The largest absolute Gasteiger partial charge is 0.486 e. The number of fused-ring (bicyclic) bond motifs is 2. The van der Waals surface area contributed by atoms with E-state index in [0.717, 1.165) is 41.7 Å². The maximum atomic E-state index is 12.4. The molecule has 1 saturated heterocycles. The first kappa shape index (κ1) is 18.7. The van der Waals surface area contributed by atoms with Crippen LogP contribution in [0.4, 0.5) is 0 Å². The number of carbonyl (C=O) groups is 1. The summed E-state index contributed by atoms with van der Waals surface area (Å²) in [5.41, 5.74) is 6.15. The molecule has 3 unspecified atom stereocenters. The van der Waals surface area contributed by atoms with E-state index in [1.54, 1.807) is 11.8 Å². The number of rotatable bonds is 4. The van der Waals surface area contributed by atoms with Gasteiger partial charge in [-0.3, -0.25) is 4.79 Å². The quantitative estimate of drug-likeness (QED) is 0.808. The van der Waals surface area contributed by atoms with E-state index in [-0.39, 0.29) is 18.3 Å². The summed E-state index contributed by atoms with van der Waals surface area (Å²) >= 11 is 1.69. The molecular weight excluding hydrogens is 360 g/mol. The zero-order valence-electron chi connectivity index (χ0n) is 14.2. The van der Waals surface area contributed by atoms with Crippen LogP contribution in [0, 0.1) is 11.8 Å². The van der Waals surface area contributed by atoms with Gasteiger partial charge in [0.25, 0.3) is 0 Å². The van der Waals surface area contributed by atoms with Gasteiger partial charge in [-0.05, 0) is 42.9 Å². The summed E-state index contributed by atoms with van der Waals surface area (Å²) in [6, 6.07) is 6.27. The molecule has 138 valence electrons. The van der Waals surface area contributed by atoms with Crippen LogP contribution in [0.3, 0.4) is 0 Å². The third-order valence-corrected chi connectivity index (χ3v) is 6.36. The molecule has 4 rings (SSSR count).